The molecule has 0 aromatic carbocycles. The Morgan fingerprint density at radius 3 is 0.746 bits per heavy atom. The lowest BCUT2D eigenvalue weighted by atomic mass is 10.0. The molecule has 67 heavy (non-hydrogen) atoms. The molecule has 0 amide bonds. The van der Waals surface area contributed by atoms with Gasteiger partial charge >= 0.3 is 17.9 Å². The van der Waals surface area contributed by atoms with Crippen LogP contribution in [0.2, 0.25) is 0 Å². The molecule has 6 nitrogen and oxygen atoms in total. The van der Waals surface area contributed by atoms with E-state index in [-0.39, 0.29) is 31.1 Å². The van der Waals surface area contributed by atoms with Crippen molar-refractivity contribution in [1.82, 2.24) is 0 Å². The molecule has 0 aromatic heterocycles. The van der Waals surface area contributed by atoms with E-state index in [1.807, 2.05) is 0 Å². The Morgan fingerprint density at radius 1 is 0.284 bits per heavy atom. The largest absolute Gasteiger partial charge is 0.462 e. The number of carbonyl (C=O) groups is 3. The Hall–Kier alpha value is -1.85. The molecule has 0 aliphatic heterocycles. The molecule has 1 atom stereocenters. The maximum absolute atomic E-state index is 12.9. The first kappa shape index (κ1) is 65.1. The summed E-state index contributed by atoms with van der Waals surface area (Å²) in [5.41, 5.74) is 0. The van der Waals surface area contributed by atoms with Crippen LogP contribution in [-0.2, 0) is 28.6 Å². The first-order valence-corrected chi connectivity index (χ1v) is 30.2. The van der Waals surface area contributed by atoms with E-state index in [2.05, 4.69) is 32.9 Å². The highest BCUT2D eigenvalue weighted by Crippen LogP contribution is 2.17. The molecule has 0 bridgehead atoms. The van der Waals surface area contributed by atoms with Crippen LogP contribution in [0.1, 0.15) is 342 Å². The van der Waals surface area contributed by atoms with Gasteiger partial charge in [-0.25, -0.2) is 0 Å². The third-order valence-electron chi connectivity index (χ3n) is 13.8. The van der Waals surface area contributed by atoms with E-state index in [0.29, 0.717) is 19.3 Å². The van der Waals surface area contributed by atoms with Crippen molar-refractivity contribution < 1.29 is 28.6 Å². The quantitative estimate of drug-likeness (QED) is 0.0262. The summed E-state index contributed by atoms with van der Waals surface area (Å²) in [4.78, 5) is 38.2. The topological polar surface area (TPSA) is 78.9 Å². The SMILES string of the molecule is CCCCCCCCC/C=C\CCCCCCCC(=O)OC(COC(=O)CCCCCCCCCCCCCCC)COC(=O)CCCCCCCCCCCCCCCCCCCCCC. The van der Waals surface area contributed by atoms with Gasteiger partial charge in [0, 0.05) is 19.3 Å². The minimum Gasteiger partial charge on any atom is -0.462 e. The standard InChI is InChI=1S/C61H116O6/c1-4-7-10-13-16-19-22-25-27-29-30-31-32-34-36-39-42-45-48-51-54-60(63)66-57-58(56-65-59(62)53-50-47-44-41-38-35-24-21-18-15-12-9-6-3)67-61(64)55-52-49-46-43-40-37-33-28-26-23-20-17-14-11-8-5-2/h28,33,58H,4-27,29-32,34-57H2,1-3H3/b33-28-. The molecule has 1 unspecified atom stereocenters. The lowest BCUT2D eigenvalue weighted by molar-refractivity contribution is -0.167. The highest BCUT2D eigenvalue weighted by molar-refractivity contribution is 5.71. The summed E-state index contributed by atoms with van der Waals surface area (Å²) >= 11 is 0. The van der Waals surface area contributed by atoms with Crippen molar-refractivity contribution in [3.63, 3.8) is 0 Å². The molecular formula is C61H116O6. The number of unbranched alkanes of at least 4 members (excludes halogenated alkanes) is 43. The van der Waals surface area contributed by atoms with E-state index >= 15 is 0 Å². The van der Waals surface area contributed by atoms with Crippen molar-refractivity contribution in [2.45, 2.75) is 348 Å². The number of allylic oxidation sites excluding steroid dienone is 2. The molecule has 0 heterocycles. The average Bonchev–Trinajstić information content (AvgIpc) is 3.33. The molecule has 0 N–H and O–H groups in total. The predicted molar refractivity (Wildman–Crippen MR) is 289 cm³/mol. The number of hydrogen-bond donors (Lipinski definition) is 0. The fourth-order valence-electron chi connectivity index (χ4n) is 9.21. The Labute approximate surface area is 418 Å². The molecule has 0 aliphatic carbocycles. The zero-order valence-electron chi connectivity index (χ0n) is 45.5. The van der Waals surface area contributed by atoms with Crippen molar-refractivity contribution in [1.29, 1.82) is 0 Å². The zero-order valence-corrected chi connectivity index (χ0v) is 45.5. The third-order valence-corrected chi connectivity index (χ3v) is 13.8. The van der Waals surface area contributed by atoms with Crippen molar-refractivity contribution in [2.24, 2.45) is 0 Å². The normalized spacial score (nSPS) is 12.0. The lowest BCUT2D eigenvalue weighted by Crippen LogP contribution is -2.30. The van der Waals surface area contributed by atoms with Crippen LogP contribution in [0.4, 0.5) is 0 Å². The Bertz CT molecular complexity index is 1040. The second-order valence-electron chi connectivity index (χ2n) is 20.6. The lowest BCUT2D eigenvalue weighted by Gasteiger charge is -2.18. The molecule has 396 valence electrons. The molecular weight excluding hydrogens is 829 g/mol. The van der Waals surface area contributed by atoms with E-state index in [0.717, 1.165) is 64.2 Å². The molecule has 6 heteroatoms. The smallest absolute Gasteiger partial charge is 0.306 e. The monoisotopic (exact) mass is 945 g/mol. The fourth-order valence-corrected chi connectivity index (χ4v) is 9.21. The number of ether oxygens (including phenoxy) is 3. The second kappa shape index (κ2) is 56.7. The van der Waals surface area contributed by atoms with Crippen LogP contribution in [0, 0.1) is 0 Å². The Balaban J connectivity index is 4.28. The summed E-state index contributed by atoms with van der Waals surface area (Å²) in [7, 11) is 0. The number of esters is 3. The van der Waals surface area contributed by atoms with Gasteiger partial charge in [0.05, 0.1) is 0 Å². The van der Waals surface area contributed by atoms with E-state index in [1.54, 1.807) is 0 Å². The van der Waals surface area contributed by atoms with Gasteiger partial charge in [-0.1, -0.05) is 290 Å². The van der Waals surface area contributed by atoms with Crippen molar-refractivity contribution in [3.05, 3.63) is 12.2 Å². The van der Waals surface area contributed by atoms with Gasteiger partial charge in [-0.15, -0.1) is 0 Å². The highest BCUT2D eigenvalue weighted by atomic mass is 16.6. The van der Waals surface area contributed by atoms with Gasteiger partial charge < -0.3 is 14.2 Å². The van der Waals surface area contributed by atoms with E-state index in [4.69, 9.17) is 14.2 Å². The van der Waals surface area contributed by atoms with Crippen molar-refractivity contribution in [3.8, 4) is 0 Å². The summed E-state index contributed by atoms with van der Waals surface area (Å²) in [6, 6.07) is 0. The van der Waals surface area contributed by atoms with Gasteiger partial charge in [-0.2, -0.15) is 0 Å². The number of rotatable bonds is 56. The van der Waals surface area contributed by atoms with Crippen LogP contribution in [0.25, 0.3) is 0 Å². The molecule has 0 fully saturated rings. The predicted octanol–water partition coefficient (Wildman–Crippen LogP) is 20.1. The maximum atomic E-state index is 12.9. The van der Waals surface area contributed by atoms with E-state index < -0.39 is 6.10 Å². The van der Waals surface area contributed by atoms with Crippen molar-refractivity contribution in [2.75, 3.05) is 13.2 Å². The molecule has 0 aromatic rings. The minimum absolute atomic E-state index is 0.0672. The summed E-state index contributed by atoms with van der Waals surface area (Å²) < 4.78 is 16.9. The molecule has 0 saturated carbocycles. The van der Waals surface area contributed by atoms with Gasteiger partial charge in [0.25, 0.3) is 0 Å². The van der Waals surface area contributed by atoms with Gasteiger partial charge in [0.1, 0.15) is 13.2 Å². The number of hydrogen-bond acceptors (Lipinski definition) is 6. The van der Waals surface area contributed by atoms with E-state index in [1.165, 1.54) is 238 Å². The highest BCUT2D eigenvalue weighted by Gasteiger charge is 2.19. The summed E-state index contributed by atoms with van der Waals surface area (Å²) in [5, 5.41) is 0. The maximum Gasteiger partial charge on any atom is 0.306 e. The van der Waals surface area contributed by atoms with Crippen LogP contribution in [-0.4, -0.2) is 37.2 Å². The molecule has 0 radical (unpaired) electrons. The van der Waals surface area contributed by atoms with Crippen LogP contribution < -0.4 is 0 Å². The summed E-state index contributed by atoms with van der Waals surface area (Å²) in [6.45, 7) is 6.69. The van der Waals surface area contributed by atoms with Crippen LogP contribution in [0.5, 0.6) is 0 Å². The van der Waals surface area contributed by atoms with Gasteiger partial charge in [-0.3, -0.25) is 14.4 Å². The second-order valence-corrected chi connectivity index (χ2v) is 20.6. The van der Waals surface area contributed by atoms with Gasteiger partial charge in [0.2, 0.25) is 0 Å². The first-order valence-electron chi connectivity index (χ1n) is 30.2. The number of carbonyl (C=O) groups excluding carboxylic acids is 3. The van der Waals surface area contributed by atoms with Crippen LogP contribution in [0.15, 0.2) is 12.2 Å². The molecule has 0 saturated heterocycles. The van der Waals surface area contributed by atoms with Gasteiger partial charge in [-0.05, 0) is 44.9 Å². The first-order chi connectivity index (χ1) is 33.0. The Morgan fingerprint density at radius 2 is 0.493 bits per heavy atom. The fraction of sp³-hybridized carbons (Fsp3) is 0.918. The molecule has 0 rings (SSSR count). The third kappa shape index (κ3) is 55.0. The average molecular weight is 946 g/mol. The van der Waals surface area contributed by atoms with E-state index in [9.17, 15) is 14.4 Å². The van der Waals surface area contributed by atoms with Crippen molar-refractivity contribution >= 4 is 17.9 Å². The summed E-state index contributed by atoms with van der Waals surface area (Å²) in [6.07, 6.45) is 64.9. The van der Waals surface area contributed by atoms with Crippen LogP contribution >= 0.6 is 0 Å². The molecule has 0 spiro atoms. The van der Waals surface area contributed by atoms with Crippen LogP contribution in [0.3, 0.4) is 0 Å². The van der Waals surface area contributed by atoms with Gasteiger partial charge in [0.15, 0.2) is 6.10 Å². The summed E-state index contributed by atoms with van der Waals surface area (Å²) in [5.74, 6) is -0.849. The minimum atomic E-state index is -0.769. The Kier molecular flexibility index (Phi) is 55.2. The zero-order chi connectivity index (χ0) is 48.6. The molecule has 0 aliphatic rings.